The van der Waals surface area contributed by atoms with E-state index in [0.29, 0.717) is 6.07 Å². The maximum absolute atomic E-state index is 14.5. The van der Waals surface area contributed by atoms with Crippen molar-refractivity contribution in [3.63, 3.8) is 0 Å². The van der Waals surface area contributed by atoms with E-state index in [-0.39, 0.29) is 60.5 Å². The van der Waals surface area contributed by atoms with Gasteiger partial charge in [-0.3, -0.25) is 18.6 Å². The number of aromatic amines is 1. The van der Waals surface area contributed by atoms with Crippen molar-refractivity contribution in [3.8, 4) is 11.1 Å². The fourth-order valence-electron chi connectivity index (χ4n) is 5.72. The number of sulfonamides is 1. The molecular formula is C33H24Cl2F6N4O7S2. The number of amides is 1. The normalized spacial score (nSPS) is 17.4. The minimum Gasteiger partial charge on any atom is -0.344 e. The summed E-state index contributed by atoms with van der Waals surface area (Å²) >= 11 is 11.9. The number of hydrogen-bond donors (Lipinski definition) is 4. The number of nitrogens with one attached hydrogen (secondary N) is 2. The molecule has 1 unspecified atom stereocenters. The first-order valence-electron chi connectivity index (χ1n) is 15.3. The number of para-hydroxylation sites is 2. The van der Waals surface area contributed by atoms with Crippen molar-refractivity contribution in [1.29, 1.82) is 0 Å². The molecule has 1 aliphatic rings. The van der Waals surface area contributed by atoms with Crippen LogP contribution in [0.2, 0.25) is 10.0 Å². The van der Waals surface area contributed by atoms with Crippen molar-refractivity contribution in [3.05, 3.63) is 117 Å². The van der Waals surface area contributed by atoms with Crippen molar-refractivity contribution in [2.24, 2.45) is 0 Å². The summed E-state index contributed by atoms with van der Waals surface area (Å²) in [6.45, 7) is 0. The Morgan fingerprint density at radius 2 is 1.65 bits per heavy atom. The highest BCUT2D eigenvalue weighted by atomic mass is 35.5. The van der Waals surface area contributed by atoms with E-state index >= 15 is 0 Å². The second-order valence-electron chi connectivity index (χ2n) is 11.9. The van der Waals surface area contributed by atoms with Crippen LogP contribution in [0.15, 0.2) is 89.8 Å². The summed E-state index contributed by atoms with van der Waals surface area (Å²) in [5, 5.41) is -1.15. The van der Waals surface area contributed by atoms with Crippen molar-refractivity contribution in [2.75, 3.05) is 0 Å². The van der Waals surface area contributed by atoms with Crippen molar-refractivity contribution in [2.45, 2.75) is 41.4 Å². The summed E-state index contributed by atoms with van der Waals surface area (Å²) in [4.78, 5) is 34.6. The lowest BCUT2D eigenvalue weighted by molar-refractivity contribution is -0.227. The number of H-pyrrole nitrogens is 1. The van der Waals surface area contributed by atoms with Gasteiger partial charge in [0.15, 0.2) is 0 Å². The highest BCUT2D eigenvalue weighted by Gasteiger charge is 2.48. The summed E-state index contributed by atoms with van der Waals surface area (Å²) in [6, 6.07) is 14.7. The molecule has 1 saturated heterocycles. The van der Waals surface area contributed by atoms with Gasteiger partial charge in [0.25, 0.3) is 10.0 Å². The lowest BCUT2D eigenvalue weighted by atomic mass is 9.99. The topological polar surface area (TPSA) is 162 Å². The molecule has 0 aliphatic carbocycles. The Balaban J connectivity index is 1.49. The van der Waals surface area contributed by atoms with Crippen LogP contribution in [-0.2, 0) is 37.0 Å². The number of halogens is 8. The number of carbonyl (C=O) groups is 2. The molecule has 1 fully saturated rings. The maximum atomic E-state index is 14.5. The van der Waals surface area contributed by atoms with E-state index in [1.54, 1.807) is 12.1 Å². The third kappa shape index (κ3) is 8.02. The summed E-state index contributed by atoms with van der Waals surface area (Å²) in [6.07, 6.45) is -11.9. The van der Waals surface area contributed by atoms with Crippen LogP contribution in [0.25, 0.3) is 22.2 Å². The van der Waals surface area contributed by atoms with Crippen LogP contribution in [0, 0.1) is 0 Å². The van der Waals surface area contributed by atoms with E-state index in [1.165, 1.54) is 48.5 Å². The molecule has 4 aromatic carbocycles. The number of hydroxylamine groups is 1. The molecule has 286 valence electrons. The SMILES string of the molecule is O=C1CC(c2ccc(C[C@@H](c3nc4ccccc4[nH]3)N(OC(=O)C(F)(F)F)S(=O)(=O)c3ccc(-c4ccc(Cl)c(Cl)c4)c(C(F)(F)F)c3)cc2)S(O)(O)N1. The molecule has 21 heteroatoms. The molecular weight excluding hydrogens is 813 g/mol. The van der Waals surface area contributed by atoms with E-state index in [1.807, 2.05) is 0 Å². The van der Waals surface area contributed by atoms with Gasteiger partial charge in [-0.25, -0.2) is 18.2 Å². The van der Waals surface area contributed by atoms with Gasteiger partial charge in [-0.05, 0) is 69.5 Å². The Kier molecular flexibility index (Phi) is 10.5. The van der Waals surface area contributed by atoms with Crippen molar-refractivity contribution < 1.29 is 58.3 Å². The number of aromatic nitrogens is 2. The van der Waals surface area contributed by atoms with Gasteiger partial charge in [-0.2, -0.15) is 26.3 Å². The van der Waals surface area contributed by atoms with Crippen LogP contribution in [0.4, 0.5) is 26.3 Å². The number of carbonyl (C=O) groups excluding carboxylic acids is 2. The predicted octanol–water partition coefficient (Wildman–Crippen LogP) is 8.78. The van der Waals surface area contributed by atoms with Crippen LogP contribution in [0.1, 0.15) is 40.2 Å². The minimum absolute atomic E-state index is 0.0169. The Hall–Kier alpha value is -4.37. The fourth-order valence-corrected chi connectivity index (χ4v) is 8.89. The highest BCUT2D eigenvalue weighted by Crippen LogP contribution is 2.56. The standard InChI is InChI=1S/C33H24Cl2F6N4O7S2/c34-23-12-9-19(14-24(23)35)21-11-10-20(15-22(21)32(36,37)38)54(50,51)45(52-31(47)33(39,40)41)27(30-42-25-3-1-2-4-26(25)43-30)13-17-5-7-18(8-6-17)28-16-29(46)44-53(28,48)49/h1-12,14-15,27-28,48-49H,13,16H2,(H,42,43)(H,44,46)/t27-,28?/m0/s1. The molecule has 0 radical (unpaired) electrons. The lowest BCUT2D eigenvalue weighted by Gasteiger charge is -2.33. The molecule has 54 heavy (non-hydrogen) atoms. The molecule has 6 rings (SSSR count). The molecule has 0 spiro atoms. The summed E-state index contributed by atoms with van der Waals surface area (Å²) < 4.78 is 136. The number of hydrogen-bond acceptors (Lipinski definition) is 8. The number of nitrogens with zero attached hydrogens (tertiary/aromatic N) is 2. The number of benzene rings is 4. The van der Waals surface area contributed by atoms with Crippen LogP contribution in [0.3, 0.4) is 0 Å². The molecule has 0 saturated carbocycles. The van der Waals surface area contributed by atoms with Gasteiger partial charge in [-0.15, -0.1) is 10.8 Å². The zero-order valence-electron chi connectivity index (χ0n) is 26.8. The molecule has 11 nitrogen and oxygen atoms in total. The van der Waals surface area contributed by atoms with Crippen molar-refractivity contribution >= 4 is 66.9 Å². The van der Waals surface area contributed by atoms with E-state index in [9.17, 15) is 53.5 Å². The Bertz CT molecular complexity index is 2340. The molecule has 1 aliphatic heterocycles. The van der Waals surface area contributed by atoms with Gasteiger partial charge in [0.1, 0.15) is 17.1 Å². The van der Waals surface area contributed by atoms with Gasteiger partial charge >= 0.3 is 18.3 Å². The Labute approximate surface area is 313 Å². The molecule has 0 bridgehead atoms. The quantitative estimate of drug-likeness (QED) is 0.0847. The molecule has 1 aromatic heterocycles. The average Bonchev–Trinajstić information content (AvgIpc) is 3.65. The number of alkyl halides is 6. The monoisotopic (exact) mass is 836 g/mol. The molecule has 4 N–H and O–H groups in total. The average molecular weight is 838 g/mol. The zero-order chi connectivity index (χ0) is 39.4. The zero-order valence-corrected chi connectivity index (χ0v) is 30.0. The smallest absolute Gasteiger partial charge is 0.344 e. The van der Waals surface area contributed by atoms with E-state index < -0.39 is 78.8 Å². The summed E-state index contributed by atoms with van der Waals surface area (Å²) in [7, 11) is -9.20. The number of rotatable bonds is 9. The van der Waals surface area contributed by atoms with Gasteiger partial charge in [0.05, 0.1) is 38.0 Å². The van der Waals surface area contributed by atoms with Gasteiger partial charge in [0, 0.05) is 0 Å². The van der Waals surface area contributed by atoms with Gasteiger partial charge in [-0.1, -0.05) is 71.7 Å². The first kappa shape index (κ1) is 39.3. The van der Waals surface area contributed by atoms with Crippen LogP contribution in [-0.4, -0.2) is 50.0 Å². The minimum atomic E-state index is -5.77. The number of fused-ring (bicyclic) bond motifs is 1. The molecule has 2 heterocycles. The van der Waals surface area contributed by atoms with E-state index in [4.69, 9.17) is 23.2 Å². The first-order chi connectivity index (χ1) is 25.1. The fraction of sp³-hybridized carbons (Fsp3) is 0.182. The van der Waals surface area contributed by atoms with E-state index in [0.717, 1.165) is 12.1 Å². The Morgan fingerprint density at radius 1 is 0.963 bits per heavy atom. The maximum Gasteiger partial charge on any atom is 0.492 e. The second-order valence-corrected chi connectivity index (χ2v) is 16.4. The highest BCUT2D eigenvalue weighted by molar-refractivity contribution is 8.23. The molecule has 1 amide bonds. The Morgan fingerprint density at radius 3 is 2.24 bits per heavy atom. The first-order valence-corrected chi connectivity index (χ1v) is 19.1. The van der Waals surface area contributed by atoms with Gasteiger partial charge in [0.2, 0.25) is 5.91 Å². The van der Waals surface area contributed by atoms with Gasteiger partial charge < -0.3 is 9.82 Å². The van der Waals surface area contributed by atoms with Crippen LogP contribution >= 0.6 is 34.0 Å². The van der Waals surface area contributed by atoms with Crippen LogP contribution < -0.4 is 4.72 Å². The molecule has 2 atom stereocenters. The van der Waals surface area contributed by atoms with E-state index in [2.05, 4.69) is 19.5 Å². The number of imidazole rings is 1. The largest absolute Gasteiger partial charge is 0.492 e. The lowest BCUT2D eigenvalue weighted by Crippen LogP contribution is -2.42. The molecule has 5 aromatic rings. The summed E-state index contributed by atoms with van der Waals surface area (Å²) in [5.74, 6) is -3.99. The summed E-state index contributed by atoms with van der Waals surface area (Å²) in [5.41, 5.74) is -1.28. The van der Waals surface area contributed by atoms with Crippen LogP contribution in [0.5, 0.6) is 0 Å². The third-order valence-corrected chi connectivity index (χ3v) is 12.4. The third-order valence-electron chi connectivity index (χ3n) is 8.26. The second kappa shape index (κ2) is 14.4. The van der Waals surface area contributed by atoms with Crippen molar-refractivity contribution in [1.82, 2.24) is 19.2 Å². The predicted molar refractivity (Wildman–Crippen MR) is 185 cm³/mol.